The van der Waals surface area contributed by atoms with Crippen LogP contribution in [-0.2, 0) is 6.54 Å². The molecule has 0 bridgehead atoms. The molecule has 1 saturated heterocycles. The number of para-hydroxylation sites is 2. The first-order chi connectivity index (χ1) is 15.2. The van der Waals surface area contributed by atoms with Crippen molar-refractivity contribution < 1.29 is 14.3 Å². The van der Waals surface area contributed by atoms with E-state index in [-0.39, 0.29) is 5.91 Å². The molecular formula is C25H27N3O3. The monoisotopic (exact) mass is 417 g/mol. The van der Waals surface area contributed by atoms with Crippen molar-refractivity contribution in [2.24, 2.45) is 0 Å². The Morgan fingerprint density at radius 1 is 1.06 bits per heavy atom. The lowest BCUT2D eigenvalue weighted by Crippen LogP contribution is -2.33. The van der Waals surface area contributed by atoms with Crippen molar-refractivity contribution in [3.63, 3.8) is 0 Å². The molecule has 0 N–H and O–H groups in total. The lowest BCUT2D eigenvalue weighted by atomic mass is 10.1. The first-order valence-electron chi connectivity index (χ1n) is 11.1. The number of ether oxygens (including phenoxy) is 2. The van der Waals surface area contributed by atoms with Gasteiger partial charge >= 0.3 is 0 Å². The van der Waals surface area contributed by atoms with Crippen molar-refractivity contribution in [1.82, 2.24) is 9.88 Å². The van der Waals surface area contributed by atoms with Crippen molar-refractivity contribution in [3.8, 4) is 11.5 Å². The van der Waals surface area contributed by atoms with Crippen LogP contribution in [0.15, 0.2) is 48.5 Å². The number of hydrogen-bond donors (Lipinski definition) is 0. The number of nitrogens with zero attached hydrogens (tertiary/aromatic N) is 3. The molecule has 31 heavy (non-hydrogen) atoms. The first kappa shape index (κ1) is 19.7. The van der Waals surface area contributed by atoms with Crippen molar-refractivity contribution in [2.45, 2.75) is 26.3 Å². The SMILES string of the molecule is CCN(Cc1cccc2c1OCCO2)C(=O)c1cc2ccccc2nc1N1CCCC1. The van der Waals surface area contributed by atoms with Crippen molar-refractivity contribution in [2.75, 3.05) is 37.7 Å². The number of rotatable bonds is 5. The van der Waals surface area contributed by atoms with Gasteiger partial charge < -0.3 is 19.3 Å². The second-order valence-corrected chi connectivity index (χ2v) is 8.01. The molecule has 0 spiro atoms. The summed E-state index contributed by atoms with van der Waals surface area (Å²) in [7, 11) is 0. The Bertz CT molecular complexity index is 1110. The number of anilines is 1. The van der Waals surface area contributed by atoms with Crippen molar-refractivity contribution in [3.05, 3.63) is 59.7 Å². The Hall–Kier alpha value is -3.28. The number of carbonyl (C=O) groups is 1. The summed E-state index contributed by atoms with van der Waals surface area (Å²) in [6.07, 6.45) is 2.26. The van der Waals surface area contributed by atoms with Gasteiger partial charge in [-0.2, -0.15) is 0 Å². The van der Waals surface area contributed by atoms with Gasteiger partial charge in [0.1, 0.15) is 19.0 Å². The predicted molar refractivity (Wildman–Crippen MR) is 121 cm³/mol. The van der Waals surface area contributed by atoms with E-state index in [4.69, 9.17) is 14.5 Å². The average molecular weight is 418 g/mol. The minimum absolute atomic E-state index is 0.00279. The molecule has 2 aliphatic heterocycles. The molecule has 3 heterocycles. The van der Waals surface area contributed by atoms with Gasteiger partial charge in [-0.3, -0.25) is 4.79 Å². The van der Waals surface area contributed by atoms with Gasteiger partial charge in [-0.05, 0) is 38.0 Å². The van der Waals surface area contributed by atoms with Crippen LogP contribution in [0.2, 0.25) is 0 Å². The Balaban J connectivity index is 1.51. The maximum absolute atomic E-state index is 13.8. The van der Waals surface area contributed by atoms with Crippen LogP contribution < -0.4 is 14.4 Å². The van der Waals surface area contributed by atoms with E-state index in [1.807, 2.05) is 60.4 Å². The van der Waals surface area contributed by atoms with E-state index in [2.05, 4.69) is 4.90 Å². The maximum atomic E-state index is 13.8. The van der Waals surface area contributed by atoms with Crippen molar-refractivity contribution >= 4 is 22.6 Å². The number of fused-ring (bicyclic) bond motifs is 2. The maximum Gasteiger partial charge on any atom is 0.257 e. The number of carbonyl (C=O) groups excluding carboxylic acids is 1. The fraction of sp³-hybridized carbons (Fsp3) is 0.360. The van der Waals surface area contributed by atoms with Gasteiger partial charge in [-0.1, -0.05) is 30.3 Å². The number of benzene rings is 2. The molecule has 5 rings (SSSR count). The Morgan fingerprint density at radius 2 is 1.87 bits per heavy atom. The number of hydrogen-bond acceptors (Lipinski definition) is 5. The second kappa shape index (κ2) is 8.46. The third-order valence-electron chi connectivity index (χ3n) is 6.02. The molecule has 160 valence electrons. The standard InChI is InChI=1S/C25H27N3O3/c1-2-27(17-19-9-7-11-22-23(19)31-15-14-30-22)25(29)20-16-18-8-3-4-10-21(18)26-24(20)28-12-5-6-13-28/h3-4,7-11,16H,2,5-6,12-15,17H2,1H3. The van der Waals surface area contributed by atoms with Gasteiger partial charge in [0.05, 0.1) is 11.1 Å². The highest BCUT2D eigenvalue weighted by Crippen LogP contribution is 2.35. The zero-order valence-corrected chi connectivity index (χ0v) is 17.8. The highest BCUT2D eigenvalue weighted by atomic mass is 16.6. The zero-order valence-electron chi connectivity index (χ0n) is 17.8. The van der Waals surface area contributed by atoms with Gasteiger partial charge in [0.25, 0.3) is 5.91 Å². The van der Waals surface area contributed by atoms with Gasteiger partial charge in [0.2, 0.25) is 0 Å². The molecule has 0 aliphatic carbocycles. The summed E-state index contributed by atoms with van der Waals surface area (Å²) >= 11 is 0. The van der Waals surface area contributed by atoms with E-state index in [0.717, 1.165) is 59.7 Å². The molecule has 3 aromatic rings. The smallest absolute Gasteiger partial charge is 0.257 e. The predicted octanol–water partition coefficient (Wildman–Crippen LogP) is 4.27. The van der Waals surface area contributed by atoms with Gasteiger partial charge in [-0.25, -0.2) is 4.98 Å². The number of pyridine rings is 1. The van der Waals surface area contributed by atoms with E-state index < -0.39 is 0 Å². The summed E-state index contributed by atoms with van der Waals surface area (Å²) in [5, 5.41) is 0.985. The molecule has 2 aliphatic rings. The average Bonchev–Trinajstić information content (AvgIpc) is 3.36. The molecule has 1 amide bonds. The van der Waals surface area contributed by atoms with Crippen LogP contribution in [-0.4, -0.2) is 48.6 Å². The molecule has 2 aromatic carbocycles. The molecule has 0 atom stereocenters. The summed E-state index contributed by atoms with van der Waals surface area (Å²) in [6.45, 7) is 6.02. The highest BCUT2D eigenvalue weighted by Gasteiger charge is 2.26. The van der Waals surface area contributed by atoms with Crippen LogP contribution >= 0.6 is 0 Å². The summed E-state index contributed by atoms with van der Waals surface area (Å²) in [4.78, 5) is 22.8. The number of amides is 1. The van der Waals surface area contributed by atoms with E-state index in [9.17, 15) is 4.79 Å². The van der Waals surface area contributed by atoms with E-state index in [1.165, 1.54) is 0 Å². The quantitative estimate of drug-likeness (QED) is 0.621. The van der Waals surface area contributed by atoms with Crippen LogP contribution in [0.5, 0.6) is 11.5 Å². The molecular weight excluding hydrogens is 390 g/mol. The van der Waals surface area contributed by atoms with Gasteiger partial charge in [0, 0.05) is 37.1 Å². The Kier molecular flexibility index (Phi) is 5.37. The Morgan fingerprint density at radius 3 is 2.71 bits per heavy atom. The summed E-state index contributed by atoms with van der Waals surface area (Å²) < 4.78 is 11.6. The first-order valence-corrected chi connectivity index (χ1v) is 11.1. The molecule has 1 fully saturated rings. The zero-order chi connectivity index (χ0) is 21.2. The molecule has 6 nitrogen and oxygen atoms in total. The fourth-order valence-corrected chi connectivity index (χ4v) is 4.39. The minimum Gasteiger partial charge on any atom is -0.486 e. The minimum atomic E-state index is -0.00279. The van der Waals surface area contributed by atoms with E-state index in [1.54, 1.807) is 0 Å². The third kappa shape index (κ3) is 3.78. The van der Waals surface area contributed by atoms with Crippen LogP contribution in [0.1, 0.15) is 35.7 Å². The van der Waals surface area contributed by atoms with E-state index >= 15 is 0 Å². The molecule has 0 radical (unpaired) electrons. The second-order valence-electron chi connectivity index (χ2n) is 8.01. The van der Waals surface area contributed by atoms with E-state index in [0.29, 0.717) is 31.9 Å². The lowest BCUT2D eigenvalue weighted by Gasteiger charge is -2.27. The van der Waals surface area contributed by atoms with Crippen LogP contribution in [0.25, 0.3) is 10.9 Å². The van der Waals surface area contributed by atoms with Gasteiger partial charge in [-0.15, -0.1) is 0 Å². The van der Waals surface area contributed by atoms with Crippen LogP contribution in [0.4, 0.5) is 5.82 Å². The lowest BCUT2D eigenvalue weighted by molar-refractivity contribution is 0.0749. The van der Waals surface area contributed by atoms with Crippen LogP contribution in [0.3, 0.4) is 0 Å². The van der Waals surface area contributed by atoms with Crippen LogP contribution in [0, 0.1) is 0 Å². The highest BCUT2D eigenvalue weighted by molar-refractivity contribution is 6.02. The summed E-state index contributed by atoms with van der Waals surface area (Å²) in [5.74, 6) is 2.29. The molecule has 1 aromatic heterocycles. The summed E-state index contributed by atoms with van der Waals surface area (Å²) in [5.41, 5.74) is 2.56. The normalized spacial score (nSPS) is 15.3. The molecule has 6 heteroatoms. The van der Waals surface area contributed by atoms with Gasteiger partial charge in [0.15, 0.2) is 11.5 Å². The third-order valence-corrected chi connectivity index (χ3v) is 6.02. The largest absolute Gasteiger partial charge is 0.486 e. The Labute approximate surface area is 182 Å². The molecule has 0 unspecified atom stereocenters. The molecule has 0 saturated carbocycles. The summed E-state index contributed by atoms with van der Waals surface area (Å²) in [6, 6.07) is 15.9. The fourth-order valence-electron chi connectivity index (χ4n) is 4.39. The number of aromatic nitrogens is 1. The topological polar surface area (TPSA) is 54.9 Å². The van der Waals surface area contributed by atoms with Crippen molar-refractivity contribution in [1.29, 1.82) is 0 Å².